The summed E-state index contributed by atoms with van der Waals surface area (Å²) in [4.78, 5) is 12.4. The Balaban J connectivity index is 0.000000336. The van der Waals surface area contributed by atoms with Crippen LogP contribution < -0.4 is 0 Å². The molecule has 1 fully saturated rings. The first-order valence-corrected chi connectivity index (χ1v) is 10.5. The van der Waals surface area contributed by atoms with Gasteiger partial charge in [-0.1, -0.05) is 68.7 Å². The molecule has 0 heterocycles. The van der Waals surface area contributed by atoms with Gasteiger partial charge < -0.3 is 9.47 Å². The summed E-state index contributed by atoms with van der Waals surface area (Å²) in [6.07, 6.45) is 7.19. The van der Waals surface area contributed by atoms with E-state index in [1.54, 1.807) is 7.11 Å². The lowest BCUT2D eigenvalue weighted by Crippen LogP contribution is -2.50. The maximum atomic E-state index is 12.4. The van der Waals surface area contributed by atoms with Crippen LogP contribution in [-0.2, 0) is 14.3 Å². The van der Waals surface area contributed by atoms with Gasteiger partial charge >= 0.3 is 5.97 Å². The van der Waals surface area contributed by atoms with Gasteiger partial charge in [0.15, 0.2) is 0 Å². The average molecular weight is 387 g/mol. The monoisotopic (exact) mass is 386 g/mol. The smallest absolute Gasteiger partial charge is 0.333 e. The molecule has 3 rings (SSSR count). The first kappa shape index (κ1) is 22.7. The second-order valence-electron chi connectivity index (χ2n) is 9.25. The Hall–Kier alpha value is -1.61. The highest BCUT2D eigenvalue weighted by molar-refractivity contribution is 5.89. The van der Waals surface area contributed by atoms with Crippen LogP contribution in [0.15, 0.2) is 42.0 Å². The molecule has 0 radical (unpaired) electrons. The molecule has 4 unspecified atom stereocenters. The molecule has 0 N–H and O–H groups in total. The summed E-state index contributed by atoms with van der Waals surface area (Å²) in [7, 11) is 3.20. The number of carbonyl (C=O) groups is 1. The summed E-state index contributed by atoms with van der Waals surface area (Å²) < 4.78 is 10.8. The number of hydrogen-bond acceptors (Lipinski definition) is 3. The van der Waals surface area contributed by atoms with Crippen molar-refractivity contribution in [1.82, 2.24) is 0 Å². The zero-order chi connectivity index (χ0) is 20.9. The molecular weight excluding hydrogens is 348 g/mol. The normalized spacial score (nSPS) is 29.7. The molecule has 3 nitrogen and oxygen atoms in total. The van der Waals surface area contributed by atoms with E-state index in [1.165, 1.54) is 38.4 Å². The van der Waals surface area contributed by atoms with Gasteiger partial charge in [0.2, 0.25) is 0 Å². The minimum Gasteiger partial charge on any atom is -0.466 e. The SMILES string of the molecule is COC(=O)C1=CC2(C)CCCCC2C(C)C1C(C)(C)OC.Cc1ccccc1. The standard InChI is InChI=1S/C18H30O3.C7H8/c1-12-14-9-7-8-10-18(14,4)11-13(16(19)20-5)15(12)17(2,3)21-6;1-7-5-3-2-4-6-7/h11-12,14-15H,7-10H2,1-6H3;2-6H,1H3. The molecule has 1 aromatic rings. The second kappa shape index (κ2) is 9.26. The van der Waals surface area contributed by atoms with Crippen molar-refractivity contribution in [2.24, 2.45) is 23.2 Å². The van der Waals surface area contributed by atoms with Crippen LogP contribution in [0, 0.1) is 30.1 Å². The van der Waals surface area contributed by atoms with Crippen LogP contribution in [0.25, 0.3) is 0 Å². The van der Waals surface area contributed by atoms with Crippen LogP contribution in [0.2, 0.25) is 0 Å². The Morgan fingerprint density at radius 2 is 1.79 bits per heavy atom. The van der Waals surface area contributed by atoms with Crippen LogP contribution in [0.5, 0.6) is 0 Å². The number of aryl methyl sites for hydroxylation is 1. The van der Waals surface area contributed by atoms with Gasteiger partial charge in [-0.3, -0.25) is 0 Å². The number of esters is 1. The number of fused-ring (bicyclic) bond motifs is 1. The highest BCUT2D eigenvalue weighted by Crippen LogP contribution is 2.55. The second-order valence-corrected chi connectivity index (χ2v) is 9.25. The average Bonchev–Trinajstić information content (AvgIpc) is 2.67. The lowest BCUT2D eigenvalue weighted by atomic mass is 9.53. The minimum absolute atomic E-state index is 0.0890. The molecule has 1 aromatic carbocycles. The molecule has 3 heteroatoms. The third-order valence-electron chi connectivity index (χ3n) is 6.95. The fourth-order valence-electron chi connectivity index (χ4n) is 5.36. The Morgan fingerprint density at radius 3 is 2.29 bits per heavy atom. The van der Waals surface area contributed by atoms with E-state index in [0.717, 1.165) is 5.57 Å². The highest BCUT2D eigenvalue weighted by atomic mass is 16.5. The zero-order valence-electron chi connectivity index (χ0n) is 18.7. The van der Waals surface area contributed by atoms with Crippen molar-refractivity contribution in [3.8, 4) is 0 Å². The van der Waals surface area contributed by atoms with Crippen LogP contribution in [-0.4, -0.2) is 25.8 Å². The van der Waals surface area contributed by atoms with E-state index in [1.807, 2.05) is 18.2 Å². The number of methoxy groups -OCH3 is 2. The molecule has 0 bridgehead atoms. The molecule has 0 aromatic heterocycles. The van der Waals surface area contributed by atoms with Crippen molar-refractivity contribution in [2.45, 2.75) is 65.9 Å². The maximum absolute atomic E-state index is 12.4. The van der Waals surface area contributed by atoms with Gasteiger partial charge in [0, 0.05) is 18.6 Å². The summed E-state index contributed by atoms with van der Waals surface area (Å²) in [6.45, 7) is 10.8. The van der Waals surface area contributed by atoms with E-state index >= 15 is 0 Å². The van der Waals surface area contributed by atoms with E-state index in [0.29, 0.717) is 11.8 Å². The Morgan fingerprint density at radius 1 is 1.14 bits per heavy atom. The quantitative estimate of drug-likeness (QED) is 0.601. The summed E-state index contributed by atoms with van der Waals surface area (Å²) in [5.41, 5.74) is 1.90. The molecular formula is C25H38O3. The van der Waals surface area contributed by atoms with Crippen molar-refractivity contribution < 1.29 is 14.3 Å². The maximum Gasteiger partial charge on any atom is 0.333 e. The van der Waals surface area contributed by atoms with Gasteiger partial charge in [0.1, 0.15) is 0 Å². The molecule has 4 atom stereocenters. The Bertz CT molecular complexity index is 676. The third-order valence-corrected chi connectivity index (χ3v) is 6.95. The largest absolute Gasteiger partial charge is 0.466 e. The third kappa shape index (κ3) is 4.86. The fourth-order valence-corrected chi connectivity index (χ4v) is 5.36. The molecule has 2 aliphatic carbocycles. The van der Waals surface area contributed by atoms with Gasteiger partial charge in [-0.2, -0.15) is 0 Å². The Kier molecular flexibility index (Phi) is 7.50. The van der Waals surface area contributed by atoms with Crippen LogP contribution in [0.3, 0.4) is 0 Å². The van der Waals surface area contributed by atoms with Crippen LogP contribution >= 0.6 is 0 Å². The van der Waals surface area contributed by atoms with Gasteiger partial charge in [-0.25, -0.2) is 4.79 Å². The number of rotatable bonds is 3. The van der Waals surface area contributed by atoms with Crippen molar-refractivity contribution in [3.63, 3.8) is 0 Å². The van der Waals surface area contributed by atoms with E-state index in [4.69, 9.17) is 9.47 Å². The molecule has 0 spiro atoms. The summed E-state index contributed by atoms with van der Waals surface area (Å²) in [6, 6.07) is 10.3. The molecule has 0 saturated heterocycles. The number of allylic oxidation sites excluding steroid dienone is 1. The van der Waals surface area contributed by atoms with Gasteiger partial charge in [0.05, 0.1) is 12.7 Å². The van der Waals surface area contributed by atoms with E-state index in [-0.39, 0.29) is 22.9 Å². The van der Waals surface area contributed by atoms with Crippen molar-refractivity contribution >= 4 is 5.97 Å². The number of hydrogen-bond donors (Lipinski definition) is 0. The van der Waals surface area contributed by atoms with Gasteiger partial charge in [-0.05, 0) is 50.9 Å². The lowest BCUT2D eigenvalue weighted by molar-refractivity contribution is -0.141. The molecule has 2 aliphatic rings. The zero-order valence-corrected chi connectivity index (χ0v) is 18.7. The number of ether oxygens (including phenoxy) is 2. The van der Waals surface area contributed by atoms with Crippen molar-refractivity contribution in [2.75, 3.05) is 14.2 Å². The molecule has 0 amide bonds. The van der Waals surface area contributed by atoms with Gasteiger partial charge in [-0.15, -0.1) is 0 Å². The summed E-state index contributed by atoms with van der Waals surface area (Å²) in [5.74, 6) is 0.941. The molecule has 1 saturated carbocycles. The van der Waals surface area contributed by atoms with E-state index < -0.39 is 0 Å². The van der Waals surface area contributed by atoms with Gasteiger partial charge in [0.25, 0.3) is 0 Å². The summed E-state index contributed by atoms with van der Waals surface area (Å²) in [5, 5.41) is 0. The molecule has 0 aliphatic heterocycles. The minimum atomic E-state index is -0.363. The van der Waals surface area contributed by atoms with Crippen LogP contribution in [0.1, 0.15) is 58.9 Å². The predicted molar refractivity (Wildman–Crippen MR) is 115 cm³/mol. The Labute approximate surface area is 171 Å². The highest BCUT2D eigenvalue weighted by Gasteiger charge is 2.51. The number of carbonyl (C=O) groups excluding carboxylic acids is 1. The topological polar surface area (TPSA) is 35.5 Å². The summed E-state index contributed by atoms with van der Waals surface area (Å²) >= 11 is 0. The lowest BCUT2D eigenvalue weighted by Gasteiger charge is -2.52. The van der Waals surface area contributed by atoms with Crippen molar-refractivity contribution in [1.29, 1.82) is 0 Å². The van der Waals surface area contributed by atoms with E-state index in [9.17, 15) is 4.79 Å². The molecule has 156 valence electrons. The van der Waals surface area contributed by atoms with Crippen LogP contribution in [0.4, 0.5) is 0 Å². The predicted octanol–water partition coefficient (Wildman–Crippen LogP) is 5.97. The first-order chi connectivity index (χ1) is 13.2. The first-order valence-electron chi connectivity index (χ1n) is 10.5. The molecule has 28 heavy (non-hydrogen) atoms. The number of benzene rings is 1. The van der Waals surface area contributed by atoms with E-state index in [2.05, 4.69) is 52.8 Å². The fraction of sp³-hybridized carbons (Fsp3) is 0.640. The van der Waals surface area contributed by atoms with Crippen molar-refractivity contribution in [3.05, 3.63) is 47.5 Å².